The molecule has 2 aromatic carbocycles. The predicted molar refractivity (Wildman–Crippen MR) is 80.4 cm³/mol. The van der Waals surface area contributed by atoms with Gasteiger partial charge in [-0.25, -0.2) is 14.1 Å². The molecular weight excluding hydrogens is 291 g/mol. The molecule has 0 unspecified atom stereocenters. The standard InChI is InChI=1S/C15H12ClFN4/c16-12-4-1-11(14(17)7-12)8-21-9-19-15(20-21)10-2-5-13(18)6-3-10/h1-7,9H,8,18H2. The lowest BCUT2D eigenvalue weighted by Crippen LogP contribution is -2.02. The molecule has 106 valence electrons. The lowest BCUT2D eigenvalue weighted by Gasteiger charge is -2.03. The van der Waals surface area contributed by atoms with E-state index in [0.29, 0.717) is 28.6 Å². The summed E-state index contributed by atoms with van der Waals surface area (Å²) in [7, 11) is 0. The summed E-state index contributed by atoms with van der Waals surface area (Å²) < 4.78 is 15.3. The van der Waals surface area contributed by atoms with Crippen molar-refractivity contribution in [3.8, 4) is 11.4 Å². The topological polar surface area (TPSA) is 56.7 Å². The van der Waals surface area contributed by atoms with Crippen molar-refractivity contribution >= 4 is 17.3 Å². The Morgan fingerprint density at radius 3 is 2.62 bits per heavy atom. The predicted octanol–water partition coefficient (Wildman–Crippen LogP) is 3.37. The third-order valence-electron chi connectivity index (χ3n) is 3.05. The normalized spacial score (nSPS) is 10.8. The minimum atomic E-state index is -0.355. The number of aromatic nitrogens is 3. The zero-order valence-corrected chi connectivity index (χ0v) is 11.8. The van der Waals surface area contributed by atoms with Gasteiger partial charge >= 0.3 is 0 Å². The lowest BCUT2D eigenvalue weighted by molar-refractivity contribution is 0.585. The summed E-state index contributed by atoms with van der Waals surface area (Å²) in [5.41, 5.74) is 7.69. The molecule has 0 radical (unpaired) electrons. The number of hydrogen-bond acceptors (Lipinski definition) is 3. The van der Waals surface area contributed by atoms with Gasteiger partial charge in [-0.05, 0) is 36.4 Å². The molecule has 0 atom stereocenters. The second-order valence-electron chi connectivity index (χ2n) is 4.62. The first kappa shape index (κ1) is 13.6. The van der Waals surface area contributed by atoms with E-state index < -0.39 is 0 Å². The first-order valence-corrected chi connectivity index (χ1v) is 6.69. The molecule has 0 saturated heterocycles. The van der Waals surface area contributed by atoms with E-state index in [0.717, 1.165) is 5.56 Å². The van der Waals surface area contributed by atoms with Crippen LogP contribution in [0.4, 0.5) is 10.1 Å². The Morgan fingerprint density at radius 1 is 1.14 bits per heavy atom. The van der Waals surface area contributed by atoms with E-state index in [4.69, 9.17) is 17.3 Å². The SMILES string of the molecule is Nc1ccc(-c2ncn(Cc3ccc(Cl)cc3F)n2)cc1. The van der Waals surface area contributed by atoms with E-state index in [1.54, 1.807) is 35.3 Å². The van der Waals surface area contributed by atoms with E-state index in [-0.39, 0.29) is 5.82 Å². The number of nitrogens with two attached hydrogens (primary N) is 1. The van der Waals surface area contributed by atoms with E-state index >= 15 is 0 Å². The third kappa shape index (κ3) is 3.03. The van der Waals surface area contributed by atoms with E-state index in [9.17, 15) is 4.39 Å². The minimum absolute atomic E-state index is 0.297. The molecule has 21 heavy (non-hydrogen) atoms. The monoisotopic (exact) mass is 302 g/mol. The Balaban J connectivity index is 1.83. The van der Waals surface area contributed by atoms with Gasteiger partial charge in [0.25, 0.3) is 0 Å². The summed E-state index contributed by atoms with van der Waals surface area (Å²) in [4.78, 5) is 4.22. The first-order valence-electron chi connectivity index (χ1n) is 6.31. The zero-order valence-electron chi connectivity index (χ0n) is 11.0. The van der Waals surface area contributed by atoms with Gasteiger partial charge in [0.05, 0.1) is 6.54 Å². The number of nitrogens with zero attached hydrogens (tertiary/aromatic N) is 3. The summed E-state index contributed by atoms with van der Waals surface area (Å²) in [5.74, 6) is 0.219. The van der Waals surface area contributed by atoms with Crippen LogP contribution in [-0.4, -0.2) is 14.8 Å². The van der Waals surface area contributed by atoms with Crippen LogP contribution in [0.15, 0.2) is 48.8 Å². The fourth-order valence-electron chi connectivity index (χ4n) is 1.96. The highest BCUT2D eigenvalue weighted by Gasteiger charge is 2.07. The number of nitrogen functional groups attached to an aromatic ring is 1. The smallest absolute Gasteiger partial charge is 0.181 e. The quantitative estimate of drug-likeness (QED) is 0.755. The number of benzene rings is 2. The maximum absolute atomic E-state index is 13.8. The molecular formula is C15H12ClFN4. The van der Waals surface area contributed by atoms with Crippen LogP contribution in [0, 0.1) is 5.82 Å². The number of halogens is 2. The average molecular weight is 303 g/mol. The molecule has 6 heteroatoms. The molecule has 0 aliphatic carbocycles. The molecule has 1 heterocycles. The second kappa shape index (κ2) is 5.54. The Labute approximate surface area is 126 Å². The molecule has 4 nitrogen and oxygen atoms in total. The van der Waals surface area contributed by atoms with Crippen LogP contribution in [0.1, 0.15) is 5.56 Å². The molecule has 0 fully saturated rings. The Hall–Kier alpha value is -2.40. The van der Waals surface area contributed by atoms with Crippen molar-refractivity contribution in [1.82, 2.24) is 14.8 Å². The van der Waals surface area contributed by atoms with Crippen LogP contribution in [0.3, 0.4) is 0 Å². The van der Waals surface area contributed by atoms with Crippen LogP contribution >= 0.6 is 11.6 Å². The van der Waals surface area contributed by atoms with Crippen molar-refractivity contribution in [3.05, 3.63) is 65.2 Å². The van der Waals surface area contributed by atoms with Crippen molar-refractivity contribution in [2.75, 3.05) is 5.73 Å². The van der Waals surface area contributed by atoms with Gasteiger partial charge in [0, 0.05) is 21.8 Å². The molecule has 0 bridgehead atoms. The van der Waals surface area contributed by atoms with Gasteiger partial charge in [0.15, 0.2) is 5.82 Å². The van der Waals surface area contributed by atoms with Crippen molar-refractivity contribution in [3.63, 3.8) is 0 Å². The summed E-state index contributed by atoms with van der Waals surface area (Å²) in [5, 5.41) is 4.71. The van der Waals surface area contributed by atoms with E-state index in [2.05, 4.69) is 10.1 Å². The highest BCUT2D eigenvalue weighted by Crippen LogP contribution is 2.18. The number of rotatable bonds is 3. The number of anilines is 1. The largest absolute Gasteiger partial charge is 0.399 e. The molecule has 0 aliphatic heterocycles. The molecule has 0 amide bonds. The van der Waals surface area contributed by atoms with Crippen molar-refractivity contribution in [1.29, 1.82) is 0 Å². The zero-order chi connectivity index (χ0) is 14.8. The summed E-state index contributed by atoms with van der Waals surface area (Å²) >= 11 is 5.73. The van der Waals surface area contributed by atoms with Crippen LogP contribution in [0.2, 0.25) is 5.02 Å². The second-order valence-corrected chi connectivity index (χ2v) is 5.06. The van der Waals surface area contributed by atoms with Gasteiger partial charge in [0.1, 0.15) is 12.1 Å². The van der Waals surface area contributed by atoms with Gasteiger partial charge in [-0.1, -0.05) is 17.7 Å². The van der Waals surface area contributed by atoms with E-state index in [1.165, 1.54) is 6.07 Å². The average Bonchev–Trinajstić information content (AvgIpc) is 2.91. The molecule has 0 saturated carbocycles. The van der Waals surface area contributed by atoms with Gasteiger partial charge in [-0.15, -0.1) is 0 Å². The lowest BCUT2D eigenvalue weighted by atomic mass is 10.2. The summed E-state index contributed by atoms with van der Waals surface area (Å²) in [6, 6.07) is 11.8. The molecule has 3 rings (SSSR count). The third-order valence-corrected chi connectivity index (χ3v) is 3.29. The van der Waals surface area contributed by atoms with Crippen LogP contribution in [0.5, 0.6) is 0 Å². The van der Waals surface area contributed by atoms with Gasteiger partial charge in [-0.3, -0.25) is 0 Å². The highest BCUT2D eigenvalue weighted by atomic mass is 35.5. The minimum Gasteiger partial charge on any atom is -0.399 e. The fraction of sp³-hybridized carbons (Fsp3) is 0.0667. The Bertz CT molecular complexity index is 768. The Kier molecular flexibility index (Phi) is 3.58. The van der Waals surface area contributed by atoms with Gasteiger partial charge < -0.3 is 5.73 Å². The number of hydrogen-bond donors (Lipinski definition) is 1. The van der Waals surface area contributed by atoms with Crippen LogP contribution in [0.25, 0.3) is 11.4 Å². The fourth-order valence-corrected chi connectivity index (χ4v) is 2.12. The molecule has 0 aliphatic rings. The highest BCUT2D eigenvalue weighted by molar-refractivity contribution is 6.30. The van der Waals surface area contributed by atoms with Gasteiger partial charge in [-0.2, -0.15) is 5.10 Å². The van der Waals surface area contributed by atoms with E-state index in [1.807, 2.05) is 12.1 Å². The van der Waals surface area contributed by atoms with Crippen LogP contribution in [-0.2, 0) is 6.54 Å². The van der Waals surface area contributed by atoms with Crippen LogP contribution < -0.4 is 5.73 Å². The molecule has 3 aromatic rings. The Morgan fingerprint density at radius 2 is 1.90 bits per heavy atom. The van der Waals surface area contributed by atoms with Crippen molar-refractivity contribution in [2.45, 2.75) is 6.54 Å². The summed E-state index contributed by atoms with van der Waals surface area (Å²) in [6.07, 6.45) is 1.57. The maximum Gasteiger partial charge on any atom is 0.181 e. The van der Waals surface area contributed by atoms with Gasteiger partial charge in [0.2, 0.25) is 0 Å². The molecule has 1 aromatic heterocycles. The first-order chi connectivity index (χ1) is 10.1. The molecule has 0 spiro atoms. The van der Waals surface area contributed by atoms with Crippen molar-refractivity contribution < 1.29 is 4.39 Å². The summed E-state index contributed by atoms with van der Waals surface area (Å²) in [6.45, 7) is 0.297. The maximum atomic E-state index is 13.8. The molecule has 2 N–H and O–H groups in total. The van der Waals surface area contributed by atoms with Crippen molar-refractivity contribution in [2.24, 2.45) is 0 Å².